The van der Waals surface area contributed by atoms with Crippen LogP contribution in [-0.4, -0.2) is 6.36 Å². The maximum Gasteiger partial charge on any atom is 0.573 e. The topological polar surface area (TPSA) is 9.23 Å². The summed E-state index contributed by atoms with van der Waals surface area (Å²) >= 11 is 0. The van der Waals surface area contributed by atoms with Gasteiger partial charge in [0.1, 0.15) is 5.82 Å². The molecule has 1 aliphatic carbocycles. The molecule has 0 N–H and O–H groups in total. The van der Waals surface area contributed by atoms with E-state index in [0.717, 1.165) is 48.1 Å². The molecule has 0 aliphatic heterocycles. The van der Waals surface area contributed by atoms with Crippen molar-refractivity contribution in [2.24, 2.45) is 0 Å². The van der Waals surface area contributed by atoms with Crippen LogP contribution in [0.1, 0.15) is 36.5 Å². The molecule has 0 saturated heterocycles. The Labute approximate surface area is 171 Å². The summed E-state index contributed by atoms with van der Waals surface area (Å²) in [5.74, 6) is -2.63. The highest BCUT2D eigenvalue weighted by Gasteiger charge is 2.32. The minimum Gasteiger partial charge on any atom is -0.403 e. The van der Waals surface area contributed by atoms with E-state index in [1.807, 2.05) is 6.07 Å². The number of hydrogen-bond donors (Lipinski definition) is 0. The van der Waals surface area contributed by atoms with Crippen LogP contribution in [-0.2, 0) is 12.8 Å². The second kappa shape index (κ2) is 7.74. The summed E-state index contributed by atoms with van der Waals surface area (Å²) in [4.78, 5) is 0. The van der Waals surface area contributed by atoms with E-state index in [9.17, 15) is 17.6 Å². The Kier molecular flexibility index (Phi) is 5.26. The zero-order chi connectivity index (χ0) is 21.5. The van der Waals surface area contributed by atoms with Gasteiger partial charge in [-0.1, -0.05) is 49.7 Å². The molecule has 4 rings (SSSR count). The highest BCUT2D eigenvalue weighted by Crippen LogP contribution is 2.42. The van der Waals surface area contributed by atoms with E-state index < -0.39 is 23.7 Å². The number of alkyl halides is 3. The molecule has 0 amide bonds. The minimum absolute atomic E-state index is 0.144. The Bertz CT molecular complexity index is 1100. The molecule has 3 aromatic carbocycles. The standard InChI is InChI=1S/C24H19F5O/c1-2-3-4-14-5-7-17-16(11-14)12-20-19(17)9-8-18(23(20)26)15-6-10-22(21(25)13-15)30-24(27,28)29/h5-11,13H,2-4,12H2,1H3. The molecule has 0 radical (unpaired) electrons. The monoisotopic (exact) mass is 418 g/mol. The van der Waals surface area contributed by atoms with Crippen LogP contribution in [0.5, 0.6) is 5.75 Å². The number of ether oxygens (including phenoxy) is 1. The SMILES string of the molecule is CCCCc1ccc2c(c1)Cc1c-2ccc(-c2ccc(OC(F)(F)F)c(F)c2)c1F. The van der Waals surface area contributed by atoms with Crippen molar-refractivity contribution < 1.29 is 26.7 Å². The highest BCUT2D eigenvalue weighted by atomic mass is 19.4. The Morgan fingerprint density at radius 3 is 2.33 bits per heavy atom. The quantitative estimate of drug-likeness (QED) is 0.306. The maximum absolute atomic E-state index is 15.3. The van der Waals surface area contributed by atoms with Crippen molar-refractivity contribution in [1.29, 1.82) is 0 Å². The Morgan fingerprint density at radius 2 is 1.63 bits per heavy atom. The summed E-state index contributed by atoms with van der Waals surface area (Å²) < 4.78 is 70.0. The van der Waals surface area contributed by atoms with Crippen LogP contribution in [0.2, 0.25) is 0 Å². The van der Waals surface area contributed by atoms with Gasteiger partial charge < -0.3 is 4.74 Å². The van der Waals surface area contributed by atoms with Gasteiger partial charge in [0.15, 0.2) is 11.6 Å². The normalized spacial score (nSPS) is 12.6. The van der Waals surface area contributed by atoms with Crippen molar-refractivity contribution in [2.45, 2.75) is 39.0 Å². The Balaban J connectivity index is 1.66. The first-order valence-electron chi connectivity index (χ1n) is 9.76. The lowest BCUT2D eigenvalue weighted by Gasteiger charge is -2.12. The molecule has 1 nitrogen and oxygen atoms in total. The molecular weight excluding hydrogens is 399 g/mol. The van der Waals surface area contributed by atoms with Crippen LogP contribution >= 0.6 is 0 Å². The Hall–Kier alpha value is -2.89. The summed E-state index contributed by atoms with van der Waals surface area (Å²) in [5, 5.41) is 0. The van der Waals surface area contributed by atoms with Crippen molar-refractivity contribution in [3.8, 4) is 28.0 Å². The average Bonchev–Trinajstić information content (AvgIpc) is 3.06. The molecule has 0 saturated carbocycles. The van der Waals surface area contributed by atoms with Crippen molar-refractivity contribution in [3.05, 3.63) is 76.9 Å². The van der Waals surface area contributed by atoms with Gasteiger partial charge in [-0.05, 0) is 52.8 Å². The molecule has 0 heterocycles. The fourth-order valence-corrected chi connectivity index (χ4v) is 3.93. The van der Waals surface area contributed by atoms with E-state index in [4.69, 9.17) is 0 Å². The van der Waals surface area contributed by atoms with E-state index in [1.54, 1.807) is 6.07 Å². The third-order valence-electron chi connectivity index (χ3n) is 5.36. The van der Waals surface area contributed by atoms with Crippen LogP contribution in [0, 0.1) is 11.6 Å². The zero-order valence-corrected chi connectivity index (χ0v) is 16.2. The summed E-state index contributed by atoms with van der Waals surface area (Å²) in [6.45, 7) is 2.13. The molecule has 0 spiro atoms. The molecule has 0 bridgehead atoms. The molecule has 0 atom stereocenters. The lowest BCUT2D eigenvalue weighted by atomic mass is 9.97. The van der Waals surface area contributed by atoms with Crippen molar-refractivity contribution in [3.63, 3.8) is 0 Å². The number of rotatable bonds is 5. The van der Waals surface area contributed by atoms with Crippen LogP contribution in [0.25, 0.3) is 22.3 Å². The van der Waals surface area contributed by atoms with Crippen molar-refractivity contribution in [1.82, 2.24) is 0 Å². The second-order valence-corrected chi connectivity index (χ2v) is 7.42. The van der Waals surface area contributed by atoms with E-state index in [1.165, 1.54) is 17.7 Å². The maximum atomic E-state index is 15.3. The summed E-state index contributed by atoms with van der Waals surface area (Å²) in [7, 11) is 0. The predicted octanol–water partition coefficient (Wildman–Crippen LogP) is 7.44. The average molecular weight is 418 g/mol. The first kappa shape index (κ1) is 20.4. The van der Waals surface area contributed by atoms with Crippen molar-refractivity contribution in [2.75, 3.05) is 0 Å². The van der Waals surface area contributed by atoms with Crippen LogP contribution < -0.4 is 4.74 Å². The van der Waals surface area contributed by atoms with E-state index in [-0.39, 0.29) is 11.1 Å². The van der Waals surface area contributed by atoms with Gasteiger partial charge in [0.25, 0.3) is 0 Å². The van der Waals surface area contributed by atoms with Crippen LogP contribution in [0.3, 0.4) is 0 Å². The highest BCUT2D eigenvalue weighted by molar-refractivity contribution is 5.81. The van der Waals surface area contributed by atoms with E-state index in [2.05, 4.69) is 23.8 Å². The fourth-order valence-electron chi connectivity index (χ4n) is 3.93. The van der Waals surface area contributed by atoms with Gasteiger partial charge in [0.05, 0.1) is 0 Å². The molecular formula is C24H19F5O. The van der Waals surface area contributed by atoms with E-state index in [0.29, 0.717) is 12.0 Å². The number of fused-ring (bicyclic) bond motifs is 3. The number of halogens is 5. The predicted molar refractivity (Wildman–Crippen MR) is 105 cm³/mol. The minimum atomic E-state index is -5.00. The fraction of sp³-hybridized carbons (Fsp3) is 0.250. The molecule has 1 aliphatic rings. The number of unbranched alkanes of at least 4 members (excludes halogenated alkanes) is 1. The lowest BCUT2D eigenvalue weighted by Crippen LogP contribution is -2.17. The van der Waals surface area contributed by atoms with Crippen LogP contribution in [0.4, 0.5) is 22.0 Å². The first-order chi connectivity index (χ1) is 14.3. The molecule has 156 valence electrons. The summed E-state index contributed by atoms with van der Waals surface area (Å²) in [6, 6.07) is 12.4. The van der Waals surface area contributed by atoms with Gasteiger partial charge in [-0.15, -0.1) is 13.2 Å². The first-order valence-corrected chi connectivity index (χ1v) is 9.76. The smallest absolute Gasteiger partial charge is 0.403 e. The molecule has 0 fully saturated rings. The number of benzene rings is 3. The lowest BCUT2D eigenvalue weighted by molar-refractivity contribution is -0.275. The molecule has 6 heteroatoms. The van der Waals surface area contributed by atoms with Gasteiger partial charge in [-0.25, -0.2) is 8.78 Å². The summed E-state index contributed by atoms with van der Waals surface area (Å²) in [6.07, 6.45) is -1.41. The van der Waals surface area contributed by atoms with Gasteiger partial charge in [0.2, 0.25) is 0 Å². The Morgan fingerprint density at radius 1 is 0.900 bits per heavy atom. The third-order valence-corrected chi connectivity index (χ3v) is 5.36. The molecule has 30 heavy (non-hydrogen) atoms. The zero-order valence-electron chi connectivity index (χ0n) is 16.2. The third kappa shape index (κ3) is 3.91. The van der Waals surface area contributed by atoms with Gasteiger partial charge >= 0.3 is 6.36 Å². The molecule has 0 aromatic heterocycles. The summed E-state index contributed by atoms with van der Waals surface area (Å²) in [5.41, 5.74) is 4.86. The molecule has 3 aromatic rings. The van der Waals surface area contributed by atoms with Gasteiger partial charge in [-0.2, -0.15) is 0 Å². The van der Waals surface area contributed by atoms with E-state index >= 15 is 4.39 Å². The van der Waals surface area contributed by atoms with Gasteiger partial charge in [-0.3, -0.25) is 0 Å². The van der Waals surface area contributed by atoms with Gasteiger partial charge in [0, 0.05) is 17.5 Å². The van der Waals surface area contributed by atoms with Crippen molar-refractivity contribution >= 4 is 0 Å². The van der Waals surface area contributed by atoms with Crippen LogP contribution in [0.15, 0.2) is 48.5 Å². The number of aryl methyl sites for hydroxylation is 1. The second-order valence-electron chi connectivity index (χ2n) is 7.42. The largest absolute Gasteiger partial charge is 0.573 e. The number of hydrogen-bond acceptors (Lipinski definition) is 1. The molecule has 0 unspecified atom stereocenters.